The highest BCUT2D eigenvalue weighted by molar-refractivity contribution is 5.46. The predicted molar refractivity (Wildman–Crippen MR) is 81.4 cm³/mol. The fraction of sp³-hybridized carbons (Fsp3) is 0.688. The summed E-state index contributed by atoms with van der Waals surface area (Å²) in [7, 11) is 2.07. The second-order valence-corrected chi connectivity index (χ2v) is 5.84. The van der Waals surface area contributed by atoms with Gasteiger partial charge in [-0.2, -0.15) is 0 Å². The van der Waals surface area contributed by atoms with Gasteiger partial charge in [0.1, 0.15) is 11.6 Å². The standard InChI is InChI=1S/C16H26FN3/c1-3-8-18-10-14-9-15(17)11-19-16(14)20(2)12-13-6-4-5-7-13/h9,11,13,18H,3-8,10,12H2,1-2H3. The van der Waals surface area contributed by atoms with E-state index in [1.807, 2.05) is 0 Å². The largest absolute Gasteiger partial charge is 0.359 e. The summed E-state index contributed by atoms with van der Waals surface area (Å²) in [6.07, 6.45) is 7.73. The van der Waals surface area contributed by atoms with Gasteiger partial charge in [0.2, 0.25) is 0 Å². The first kappa shape index (κ1) is 15.2. The van der Waals surface area contributed by atoms with Crippen LogP contribution in [0.2, 0.25) is 0 Å². The molecule has 0 saturated heterocycles. The molecule has 1 N–H and O–H groups in total. The van der Waals surface area contributed by atoms with Gasteiger partial charge in [-0.25, -0.2) is 9.37 Å². The Morgan fingerprint density at radius 2 is 2.15 bits per heavy atom. The van der Waals surface area contributed by atoms with Crippen molar-refractivity contribution in [3.8, 4) is 0 Å². The number of rotatable bonds is 7. The van der Waals surface area contributed by atoms with Crippen molar-refractivity contribution in [2.45, 2.75) is 45.6 Å². The number of nitrogens with zero attached hydrogens (tertiary/aromatic N) is 2. The summed E-state index contributed by atoms with van der Waals surface area (Å²) in [5.74, 6) is 1.43. The Morgan fingerprint density at radius 3 is 2.85 bits per heavy atom. The summed E-state index contributed by atoms with van der Waals surface area (Å²) in [5, 5.41) is 3.33. The maximum Gasteiger partial charge on any atom is 0.141 e. The molecular weight excluding hydrogens is 253 g/mol. The maximum absolute atomic E-state index is 13.4. The molecule has 1 aromatic heterocycles. The Kier molecular flexibility index (Phi) is 5.77. The number of anilines is 1. The van der Waals surface area contributed by atoms with E-state index in [2.05, 4.69) is 29.2 Å². The lowest BCUT2D eigenvalue weighted by molar-refractivity contribution is 0.542. The number of nitrogens with one attached hydrogen (secondary N) is 1. The zero-order valence-corrected chi connectivity index (χ0v) is 12.7. The van der Waals surface area contributed by atoms with Crippen LogP contribution in [0.4, 0.5) is 10.2 Å². The Hall–Kier alpha value is -1.16. The molecule has 0 spiro atoms. The van der Waals surface area contributed by atoms with E-state index >= 15 is 0 Å². The molecule has 1 fully saturated rings. The van der Waals surface area contributed by atoms with Gasteiger partial charge >= 0.3 is 0 Å². The average Bonchev–Trinajstić information content (AvgIpc) is 2.92. The van der Waals surface area contributed by atoms with Crippen molar-refractivity contribution in [2.75, 3.05) is 25.0 Å². The number of hydrogen-bond donors (Lipinski definition) is 1. The minimum Gasteiger partial charge on any atom is -0.359 e. The topological polar surface area (TPSA) is 28.2 Å². The third-order valence-electron chi connectivity index (χ3n) is 4.02. The molecule has 2 rings (SSSR count). The summed E-state index contributed by atoms with van der Waals surface area (Å²) in [5.41, 5.74) is 0.957. The van der Waals surface area contributed by atoms with Crippen molar-refractivity contribution in [3.63, 3.8) is 0 Å². The van der Waals surface area contributed by atoms with E-state index in [1.54, 1.807) is 6.07 Å². The zero-order chi connectivity index (χ0) is 14.4. The molecule has 0 radical (unpaired) electrons. The molecule has 0 amide bonds. The van der Waals surface area contributed by atoms with Gasteiger partial charge in [0.25, 0.3) is 0 Å². The molecule has 1 aliphatic carbocycles. The smallest absolute Gasteiger partial charge is 0.141 e. The van der Waals surface area contributed by atoms with Gasteiger partial charge in [-0.1, -0.05) is 19.8 Å². The Labute approximate surface area is 121 Å². The van der Waals surface area contributed by atoms with Crippen molar-refractivity contribution in [2.24, 2.45) is 5.92 Å². The second kappa shape index (κ2) is 7.58. The van der Waals surface area contributed by atoms with E-state index in [1.165, 1.54) is 31.9 Å². The highest BCUT2D eigenvalue weighted by atomic mass is 19.1. The molecular formula is C16H26FN3. The molecule has 0 unspecified atom stereocenters. The van der Waals surface area contributed by atoms with Gasteiger partial charge in [0.15, 0.2) is 0 Å². The van der Waals surface area contributed by atoms with Crippen molar-refractivity contribution >= 4 is 5.82 Å². The van der Waals surface area contributed by atoms with Crippen molar-refractivity contribution in [1.82, 2.24) is 10.3 Å². The molecule has 1 saturated carbocycles. The van der Waals surface area contributed by atoms with Gasteiger partial charge in [0.05, 0.1) is 6.20 Å². The summed E-state index contributed by atoms with van der Waals surface area (Å²) in [6.45, 7) is 4.79. The van der Waals surface area contributed by atoms with Gasteiger partial charge in [0, 0.05) is 25.7 Å². The van der Waals surface area contributed by atoms with Crippen LogP contribution in [0.1, 0.15) is 44.6 Å². The molecule has 20 heavy (non-hydrogen) atoms. The maximum atomic E-state index is 13.4. The summed E-state index contributed by atoms with van der Waals surface area (Å²) in [4.78, 5) is 6.50. The lowest BCUT2D eigenvalue weighted by Crippen LogP contribution is -2.27. The Balaban J connectivity index is 2.03. The van der Waals surface area contributed by atoms with E-state index in [4.69, 9.17) is 0 Å². The van der Waals surface area contributed by atoms with E-state index < -0.39 is 0 Å². The van der Waals surface area contributed by atoms with Crippen molar-refractivity contribution in [1.29, 1.82) is 0 Å². The highest BCUT2D eigenvalue weighted by Crippen LogP contribution is 2.27. The quantitative estimate of drug-likeness (QED) is 0.776. The first-order valence-corrected chi connectivity index (χ1v) is 7.77. The Morgan fingerprint density at radius 1 is 1.40 bits per heavy atom. The molecule has 1 aromatic rings. The minimum absolute atomic E-state index is 0.253. The summed E-state index contributed by atoms with van der Waals surface area (Å²) < 4.78 is 13.4. The molecule has 0 aromatic carbocycles. The highest BCUT2D eigenvalue weighted by Gasteiger charge is 2.19. The van der Waals surface area contributed by atoms with Gasteiger partial charge in [-0.3, -0.25) is 0 Å². The van der Waals surface area contributed by atoms with Crippen LogP contribution in [-0.2, 0) is 6.54 Å². The van der Waals surface area contributed by atoms with Crippen molar-refractivity contribution < 1.29 is 4.39 Å². The fourth-order valence-corrected chi connectivity index (χ4v) is 3.01. The molecule has 1 aliphatic rings. The molecule has 0 atom stereocenters. The number of halogens is 1. The van der Waals surface area contributed by atoms with Crippen LogP contribution in [0.5, 0.6) is 0 Å². The predicted octanol–water partition coefficient (Wildman–Crippen LogP) is 3.35. The first-order chi connectivity index (χ1) is 9.70. The first-order valence-electron chi connectivity index (χ1n) is 7.77. The van der Waals surface area contributed by atoms with Gasteiger partial charge in [-0.05, 0) is 37.8 Å². The van der Waals surface area contributed by atoms with Crippen LogP contribution < -0.4 is 10.2 Å². The van der Waals surface area contributed by atoms with Gasteiger partial charge < -0.3 is 10.2 Å². The van der Waals surface area contributed by atoms with E-state index in [0.717, 1.165) is 36.8 Å². The van der Waals surface area contributed by atoms with Crippen LogP contribution in [0.25, 0.3) is 0 Å². The summed E-state index contributed by atoms with van der Waals surface area (Å²) in [6, 6.07) is 1.61. The average molecular weight is 279 g/mol. The molecule has 0 aliphatic heterocycles. The van der Waals surface area contributed by atoms with Crippen LogP contribution in [-0.4, -0.2) is 25.1 Å². The Bertz CT molecular complexity index is 416. The number of hydrogen-bond acceptors (Lipinski definition) is 3. The molecule has 112 valence electrons. The van der Waals surface area contributed by atoms with Gasteiger partial charge in [-0.15, -0.1) is 0 Å². The van der Waals surface area contributed by atoms with Crippen LogP contribution in [0.3, 0.4) is 0 Å². The lowest BCUT2D eigenvalue weighted by atomic mass is 10.1. The molecule has 4 heteroatoms. The summed E-state index contributed by atoms with van der Waals surface area (Å²) >= 11 is 0. The second-order valence-electron chi connectivity index (χ2n) is 5.84. The van der Waals surface area contributed by atoms with E-state index in [9.17, 15) is 4.39 Å². The monoisotopic (exact) mass is 279 g/mol. The lowest BCUT2D eigenvalue weighted by Gasteiger charge is -2.24. The number of pyridine rings is 1. The zero-order valence-electron chi connectivity index (χ0n) is 12.7. The molecule has 0 bridgehead atoms. The normalized spacial score (nSPS) is 15.8. The van der Waals surface area contributed by atoms with E-state index in [-0.39, 0.29) is 5.82 Å². The van der Waals surface area contributed by atoms with Crippen LogP contribution in [0.15, 0.2) is 12.3 Å². The third-order valence-corrected chi connectivity index (χ3v) is 4.02. The van der Waals surface area contributed by atoms with Crippen LogP contribution >= 0.6 is 0 Å². The van der Waals surface area contributed by atoms with E-state index in [0.29, 0.717) is 6.54 Å². The fourth-order valence-electron chi connectivity index (χ4n) is 3.01. The minimum atomic E-state index is -0.253. The van der Waals surface area contributed by atoms with Crippen molar-refractivity contribution in [3.05, 3.63) is 23.6 Å². The van der Waals surface area contributed by atoms with Crippen LogP contribution in [0, 0.1) is 11.7 Å². The molecule has 1 heterocycles. The number of aromatic nitrogens is 1. The molecule has 3 nitrogen and oxygen atoms in total. The SMILES string of the molecule is CCCNCc1cc(F)cnc1N(C)CC1CCCC1. The third kappa shape index (κ3) is 4.17.